The number of aryl methyl sites for hydroxylation is 1. The van der Waals surface area contributed by atoms with E-state index in [1.54, 1.807) is 6.92 Å². The van der Waals surface area contributed by atoms with Crippen LogP contribution < -0.4 is 4.72 Å². The van der Waals surface area contributed by atoms with Crippen LogP contribution in [0.2, 0.25) is 0 Å². The highest BCUT2D eigenvalue weighted by molar-refractivity contribution is 7.89. The van der Waals surface area contributed by atoms with Gasteiger partial charge in [-0.3, -0.25) is 0 Å². The fourth-order valence-electron chi connectivity index (χ4n) is 2.11. The fraction of sp³-hybridized carbons (Fsp3) is 0.583. The average Bonchev–Trinajstić information content (AvgIpc) is 2.94. The minimum Gasteiger partial charge on any atom is -0.461 e. The number of halogens is 1. The van der Waals surface area contributed by atoms with E-state index >= 15 is 0 Å². The van der Waals surface area contributed by atoms with Crippen molar-refractivity contribution in [3.8, 4) is 0 Å². The van der Waals surface area contributed by atoms with E-state index in [9.17, 15) is 22.7 Å². The van der Waals surface area contributed by atoms with E-state index in [2.05, 4.69) is 4.72 Å². The number of esters is 1. The third-order valence-corrected chi connectivity index (χ3v) is 4.68. The van der Waals surface area contributed by atoms with Crippen molar-refractivity contribution < 1.29 is 32.2 Å². The van der Waals surface area contributed by atoms with Gasteiger partial charge in [-0.25, -0.2) is 22.3 Å². The first-order valence-corrected chi connectivity index (χ1v) is 8.06. The zero-order valence-electron chi connectivity index (χ0n) is 12.1. The summed E-state index contributed by atoms with van der Waals surface area (Å²) in [7, 11) is -2.92. The van der Waals surface area contributed by atoms with Crippen molar-refractivity contribution in [3.05, 3.63) is 17.7 Å². The summed E-state index contributed by atoms with van der Waals surface area (Å²) in [5.74, 6) is -2.14. The van der Waals surface area contributed by atoms with Crippen LogP contribution in [0.3, 0.4) is 0 Å². The molecule has 1 aliphatic heterocycles. The molecular formula is C12H17FN2O6S. The summed E-state index contributed by atoms with van der Waals surface area (Å²) < 4.78 is 51.6. The van der Waals surface area contributed by atoms with Gasteiger partial charge in [0, 0.05) is 13.2 Å². The fourth-order valence-corrected chi connectivity index (χ4v) is 3.49. The largest absolute Gasteiger partial charge is 0.461 e. The minimum absolute atomic E-state index is 0.00145. The Bertz CT molecular complexity index is 671. The molecule has 1 aromatic rings. The van der Waals surface area contributed by atoms with Crippen LogP contribution in [0.1, 0.15) is 17.4 Å². The first-order chi connectivity index (χ1) is 10.3. The van der Waals surface area contributed by atoms with Crippen molar-refractivity contribution >= 4 is 16.0 Å². The van der Waals surface area contributed by atoms with Gasteiger partial charge in [0.15, 0.2) is 11.5 Å². The van der Waals surface area contributed by atoms with Gasteiger partial charge in [0.05, 0.1) is 32.0 Å². The minimum atomic E-state index is -4.25. The molecule has 22 heavy (non-hydrogen) atoms. The standard InChI is InChI=1S/C12H17FN2O6S/c1-3-21-12(17)11-10(13)9(4-15(11)2)22(18,19)14-7-5-20-6-8(7)16/h4,7-8,14,16H,3,5-6H2,1-2H3/t7-,8-/m1/s1. The zero-order chi connectivity index (χ0) is 16.5. The molecule has 2 rings (SSSR count). The highest BCUT2D eigenvalue weighted by Crippen LogP contribution is 2.22. The number of hydrogen-bond acceptors (Lipinski definition) is 6. The summed E-state index contributed by atoms with van der Waals surface area (Å²) >= 11 is 0. The number of sulfonamides is 1. The molecule has 0 radical (unpaired) electrons. The summed E-state index contributed by atoms with van der Waals surface area (Å²) in [5.41, 5.74) is -0.481. The maximum Gasteiger partial charge on any atom is 0.358 e. The Morgan fingerprint density at radius 3 is 2.82 bits per heavy atom. The first kappa shape index (κ1) is 16.9. The number of aliphatic hydroxyl groups excluding tert-OH is 1. The van der Waals surface area contributed by atoms with Crippen molar-refractivity contribution in [1.82, 2.24) is 9.29 Å². The van der Waals surface area contributed by atoms with E-state index in [0.29, 0.717) is 0 Å². The van der Waals surface area contributed by atoms with E-state index in [1.807, 2.05) is 0 Å². The van der Waals surface area contributed by atoms with Crippen LogP contribution in [-0.4, -0.2) is 56.0 Å². The second kappa shape index (κ2) is 6.32. The van der Waals surface area contributed by atoms with E-state index in [-0.39, 0.29) is 19.8 Å². The summed E-state index contributed by atoms with van der Waals surface area (Å²) in [6.07, 6.45) is -0.0300. The molecule has 2 N–H and O–H groups in total. The second-order valence-electron chi connectivity index (χ2n) is 4.82. The van der Waals surface area contributed by atoms with E-state index < -0.39 is 44.5 Å². The van der Waals surface area contributed by atoms with Gasteiger partial charge in [0.25, 0.3) is 0 Å². The highest BCUT2D eigenvalue weighted by atomic mass is 32.2. The molecule has 0 saturated carbocycles. The van der Waals surface area contributed by atoms with Crippen LogP contribution in [-0.2, 0) is 26.5 Å². The van der Waals surface area contributed by atoms with Gasteiger partial charge in [-0.1, -0.05) is 0 Å². The molecule has 1 saturated heterocycles. The lowest BCUT2D eigenvalue weighted by Gasteiger charge is -2.14. The Kier molecular flexibility index (Phi) is 4.85. The Morgan fingerprint density at radius 2 is 2.27 bits per heavy atom. The van der Waals surface area contributed by atoms with E-state index in [1.165, 1.54) is 7.05 Å². The van der Waals surface area contributed by atoms with Gasteiger partial charge in [-0.05, 0) is 6.92 Å². The van der Waals surface area contributed by atoms with Gasteiger partial charge in [0.1, 0.15) is 4.90 Å². The molecule has 2 atom stereocenters. The normalized spacial score (nSPS) is 22.0. The van der Waals surface area contributed by atoms with Gasteiger partial charge in [0.2, 0.25) is 10.0 Å². The number of hydrogen-bond donors (Lipinski definition) is 2. The highest BCUT2D eigenvalue weighted by Gasteiger charge is 2.34. The molecule has 1 fully saturated rings. The number of rotatable bonds is 5. The summed E-state index contributed by atoms with van der Waals surface area (Å²) in [6.45, 7) is 1.58. The molecule has 0 aliphatic carbocycles. The van der Waals surface area contributed by atoms with E-state index in [0.717, 1.165) is 10.8 Å². The third-order valence-electron chi connectivity index (χ3n) is 3.20. The molecule has 0 amide bonds. The lowest BCUT2D eigenvalue weighted by atomic mass is 10.2. The van der Waals surface area contributed by atoms with E-state index in [4.69, 9.17) is 9.47 Å². The van der Waals surface area contributed by atoms with Crippen LogP contribution in [0.4, 0.5) is 4.39 Å². The monoisotopic (exact) mass is 336 g/mol. The van der Waals surface area contributed by atoms with Gasteiger partial charge < -0.3 is 19.1 Å². The Morgan fingerprint density at radius 1 is 1.59 bits per heavy atom. The van der Waals surface area contributed by atoms with Crippen molar-refractivity contribution in [3.63, 3.8) is 0 Å². The SMILES string of the molecule is CCOC(=O)c1c(F)c(S(=O)(=O)N[C@@H]2COC[C@H]2O)cn1C. The summed E-state index contributed by atoms with van der Waals surface area (Å²) in [5, 5.41) is 9.56. The molecule has 8 nitrogen and oxygen atoms in total. The number of aromatic nitrogens is 1. The van der Waals surface area contributed by atoms with Gasteiger partial charge in [-0.15, -0.1) is 0 Å². The van der Waals surface area contributed by atoms with Crippen LogP contribution in [0.5, 0.6) is 0 Å². The van der Waals surface area contributed by atoms with Crippen LogP contribution in [0.15, 0.2) is 11.1 Å². The number of ether oxygens (including phenoxy) is 2. The number of nitrogens with one attached hydrogen (secondary N) is 1. The number of nitrogens with zero attached hydrogens (tertiary/aromatic N) is 1. The second-order valence-corrected chi connectivity index (χ2v) is 6.50. The Labute approximate surface area is 126 Å². The predicted octanol–water partition coefficient (Wildman–Crippen LogP) is -0.621. The van der Waals surface area contributed by atoms with Crippen LogP contribution >= 0.6 is 0 Å². The molecule has 1 aliphatic rings. The third kappa shape index (κ3) is 3.14. The Balaban J connectivity index is 2.32. The maximum atomic E-state index is 14.3. The molecule has 10 heteroatoms. The van der Waals surface area contributed by atoms with Crippen molar-refractivity contribution in [1.29, 1.82) is 0 Å². The molecule has 1 aromatic heterocycles. The number of carbonyl (C=O) groups excluding carboxylic acids is 1. The molecule has 124 valence electrons. The van der Waals surface area contributed by atoms with Gasteiger partial charge in [-0.2, -0.15) is 0 Å². The molecule has 0 spiro atoms. The van der Waals surface area contributed by atoms with Crippen molar-refractivity contribution in [2.24, 2.45) is 7.05 Å². The maximum absolute atomic E-state index is 14.3. The summed E-state index contributed by atoms with van der Waals surface area (Å²) in [6, 6.07) is -0.865. The lowest BCUT2D eigenvalue weighted by Crippen LogP contribution is -2.42. The smallest absolute Gasteiger partial charge is 0.358 e. The van der Waals surface area contributed by atoms with Crippen LogP contribution in [0, 0.1) is 5.82 Å². The molecular weight excluding hydrogens is 319 g/mol. The van der Waals surface area contributed by atoms with Crippen LogP contribution in [0.25, 0.3) is 0 Å². The lowest BCUT2D eigenvalue weighted by molar-refractivity contribution is 0.0509. The Hall–Kier alpha value is -1.49. The quantitative estimate of drug-likeness (QED) is 0.694. The molecule has 2 heterocycles. The predicted molar refractivity (Wildman–Crippen MR) is 72.3 cm³/mol. The average molecular weight is 336 g/mol. The first-order valence-electron chi connectivity index (χ1n) is 6.58. The van der Waals surface area contributed by atoms with Crippen molar-refractivity contribution in [2.75, 3.05) is 19.8 Å². The molecule has 0 aromatic carbocycles. The number of carbonyl (C=O) groups is 1. The topological polar surface area (TPSA) is 107 Å². The molecule has 0 unspecified atom stereocenters. The number of aliphatic hydroxyl groups is 1. The van der Waals surface area contributed by atoms with Gasteiger partial charge >= 0.3 is 5.97 Å². The van der Waals surface area contributed by atoms with Crippen molar-refractivity contribution in [2.45, 2.75) is 24.0 Å². The molecule has 0 bridgehead atoms. The summed E-state index contributed by atoms with van der Waals surface area (Å²) in [4.78, 5) is 11.0. The zero-order valence-corrected chi connectivity index (χ0v) is 12.9.